The first-order valence-corrected chi connectivity index (χ1v) is 7.66. The van der Waals surface area contributed by atoms with Crippen molar-refractivity contribution in [3.63, 3.8) is 0 Å². The van der Waals surface area contributed by atoms with Crippen molar-refractivity contribution in [1.29, 1.82) is 0 Å². The minimum atomic E-state index is -0.494. The van der Waals surface area contributed by atoms with E-state index in [2.05, 4.69) is 6.58 Å². The molecule has 0 spiro atoms. The number of fused-ring (bicyclic) bond motifs is 1. The van der Waals surface area contributed by atoms with Crippen LogP contribution >= 0.6 is 0 Å². The van der Waals surface area contributed by atoms with Crippen LogP contribution in [0.25, 0.3) is 5.69 Å². The summed E-state index contributed by atoms with van der Waals surface area (Å²) in [5, 5.41) is 21.0. The van der Waals surface area contributed by atoms with Crippen LogP contribution in [0.4, 0.5) is 0 Å². The van der Waals surface area contributed by atoms with Gasteiger partial charge in [0.05, 0.1) is 5.69 Å². The van der Waals surface area contributed by atoms with E-state index in [9.17, 15) is 15.0 Å². The molecular formula is C19H19NO4. The molecule has 1 aliphatic rings. The van der Waals surface area contributed by atoms with Gasteiger partial charge in [-0.15, -0.1) is 0 Å². The maximum absolute atomic E-state index is 11.5. The summed E-state index contributed by atoms with van der Waals surface area (Å²) in [6, 6.07) is 6.56. The molecule has 24 heavy (non-hydrogen) atoms. The molecule has 0 amide bonds. The Bertz CT molecular complexity index is 856. The topological polar surface area (TPSA) is 71.7 Å². The van der Waals surface area contributed by atoms with E-state index in [0.29, 0.717) is 29.9 Å². The molecule has 0 bridgehead atoms. The van der Waals surface area contributed by atoms with Crippen LogP contribution in [0.15, 0.2) is 48.1 Å². The Balaban J connectivity index is 1.93. The number of allylic oxidation sites excluding steroid dienone is 2. The van der Waals surface area contributed by atoms with Crippen molar-refractivity contribution in [1.82, 2.24) is 4.57 Å². The Morgan fingerprint density at radius 1 is 1.17 bits per heavy atom. The number of rotatable bonds is 3. The van der Waals surface area contributed by atoms with Crippen molar-refractivity contribution >= 4 is 5.97 Å². The SMILES string of the molecule is C=C(C)C(=O)Oc1ccc(-n2c(O)c3c(c2O)CC(C)=CC3)cc1. The third-order valence-electron chi connectivity index (χ3n) is 4.09. The average Bonchev–Trinajstić information content (AvgIpc) is 2.79. The third-order valence-corrected chi connectivity index (χ3v) is 4.09. The molecule has 0 saturated heterocycles. The molecule has 2 N–H and O–H groups in total. The Labute approximate surface area is 140 Å². The van der Waals surface area contributed by atoms with Crippen LogP contribution in [-0.4, -0.2) is 20.7 Å². The van der Waals surface area contributed by atoms with Crippen molar-refractivity contribution < 1.29 is 19.7 Å². The highest BCUT2D eigenvalue weighted by molar-refractivity contribution is 5.88. The molecule has 0 saturated carbocycles. The minimum Gasteiger partial charge on any atom is -0.494 e. The number of aromatic hydroxyl groups is 2. The smallest absolute Gasteiger partial charge is 0.338 e. The molecule has 0 atom stereocenters. The van der Waals surface area contributed by atoms with Gasteiger partial charge in [0.1, 0.15) is 5.75 Å². The van der Waals surface area contributed by atoms with Crippen LogP contribution in [0.1, 0.15) is 25.0 Å². The summed E-state index contributed by atoms with van der Waals surface area (Å²) in [6.45, 7) is 7.11. The first-order chi connectivity index (χ1) is 11.4. The predicted molar refractivity (Wildman–Crippen MR) is 90.7 cm³/mol. The van der Waals surface area contributed by atoms with Gasteiger partial charge in [-0.1, -0.05) is 18.2 Å². The maximum atomic E-state index is 11.5. The van der Waals surface area contributed by atoms with Gasteiger partial charge in [0, 0.05) is 16.7 Å². The minimum absolute atomic E-state index is 0.0398. The lowest BCUT2D eigenvalue weighted by molar-refractivity contribution is -0.130. The fraction of sp³-hybridized carbons (Fsp3) is 0.211. The molecule has 3 rings (SSSR count). The van der Waals surface area contributed by atoms with Crippen LogP contribution in [0, 0.1) is 0 Å². The van der Waals surface area contributed by atoms with Crippen molar-refractivity contribution in [3.8, 4) is 23.2 Å². The Morgan fingerprint density at radius 3 is 2.42 bits per heavy atom. The monoisotopic (exact) mass is 325 g/mol. The summed E-state index contributed by atoms with van der Waals surface area (Å²) in [6.07, 6.45) is 3.27. The molecule has 124 valence electrons. The number of benzene rings is 1. The molecule has 0 unspecified atom stereocenters. The molecule has 5 nitrogen and oxygen atoms in total. The number of hydrogen-bond donors (Lipinski definition) is 2. The zero-order valence-corrected chi connectivity index (χ0v) is 13.7. The molecule has 1 aliphatic carbocycles. The van der Waals surface area contributed by atoms with E-state index in [0.717, 1.165) is 16.7 Å². The summed E-state index contributed by atoms with van der Waals surface area (Å²) in [5.41, 5.74) is 3.57. The lowest BCUT2D eigenvalue weighted by atomic mass is 9.96. The molecule has 0 radical (unpaired) electrons. The van der Waals surface area contributed by atoms with Crippen molar-refractivity contribution in [3.05, 3.63) is 59.2 Å². The zero-order chi connectivity index (χ0) is 17.4. The van der Waals surface area contributed by atoms with E-state index in [4.69, 9.17) is 4.74 Å². The summed E-state index contributed by atoms with van der Waals surface area (Å²) >= 11 is 0. The van der Waals surface area contributed by atoms with Crippen LogP contribution in [0.5, 0.6) is 17.5 Å². The maximum Gasteiger partial charge on any atom is 0.338 e. The molecular weight excluding hydrogens is 306 g/mol. The second-order valence-electron chi connectivity index (χ2n) is 6.03. The summed E-state index contributed by atoms with van der Waals surface area (Å²) in [4.78, 5) is 11.5. The number of carbonyl (C=O) groups excluding carboxylic acids is 1. The Hall–Kier alpha value is -2.95. The highest BCUT2D eigenvalue weighted by Gasteiger charge is 2.25. The van der Waals surface area contributed by atoms with Crippen LogP contribution in [0.2, 0.25) is 0 Å². The highest BCUT2D eigenvalue weighted by Crippen LogP contribution is 2.40. The number of ether oxygens (including phenoxy) is 1. The van der Waals surface area contributed by atoms with Gasteiger partial charge in [0.2, 0.25) is 11.8 Å². The predicted octanol–water partition coefficient (Wildman–Crippen LogP) is 3.41. The average molecular weight is 325 g/mol. The zero-order valence-electron chi connectivity index (χ0n) is 13.7. The molecule has 0 aliphatic heterocycles. The lowest BCUT2D eigenvalue weighted by Gasteiger charge is -2.09. The van der Waals surface area contributed by atoms with E-state index in [1.807, 2.05) is 13.0 Å². The van der Waals surface area contributed by atoms with E-state index in [1.54, 1.807) is 31.2 Å². The Kier molecular flexibility index (Phi) is 3.93. The number of aromatic nitrogens is 1. The van der Waals surface area contributed by atoms with Gasteiger partial charge in [-0.25, -0.2) is 4.79 Å². The van der Waals surface area contributed by atoms with Gasteiger partial charge in [-0.05, 0) is 51.0 Å². The molecule has 2 aromatic rings. The number of nitrogens with zero attached hydrogens (tertiary/aromatic N) is 1. The molecule has 5 heteroatoms. The third kappa shape index (κ3) is 2.69. The highest BCUT2D eigenvalue weighted by atomic mass is 16.5. The molecule has 1 aromatic carbocycles. The first-order valence-electron chi connectivity index (χ1n) is 7.66. The summed E-state index contributed by atoms with van der Waals surface area (Å²) in [5.74, 6) is -0.0360. The fourth-order valence-corrected chi connectivity index (χ4v) is 2.77. The van der Waals surface area contributed by atoms with Crippen molar-refractivity contribution in [2.45, 2.75) is 26.7 Å². The van der Waals surface area contributed by atoms with Gasteiger partial charge in [-0.2, -0.15) is 0 Å². The fourth-order valence-electron chi connectivity index (χ4n) is 2.77. The quantitative estimate of drug-likeness (QED) is 0.393. The first kappa shape index (κ1) is 15.9. The van der Waals surface area contributed by atoms with Gasteiger partial charge >= 0.3 is 5.97 Å². The number of carbonyl (C=O) groups is 1. The van der Waals surface area contributed by atoms with E-state index < -0.39 is 5.97 Å². The van der Waals surface area contributed by atoms with Crippen molar-refractivity contribution in [2.24, 2.45) is 0 Å². The number of esters is 1. The summed E-state index contributed by atoms with van der Waals surface area (Å²) < 4.78 is 6.55. The van der Waals surface area contributed by atoms with Gasteiger partial charge < -0.3 is 14.9 Å². The van der Waals surface area contributed by atoms with E-state index in [1.165, 1.54) is 4.57 Å². The van der Waals surface area contributed by atoms with Gasteiger partial charge in [0.25, 0.3) is 0 Å². The summed E-state index contributed by atoms with van der Waals surface area (Å²) in [7, 11) is 0. The second kappa shape index (κ2) is 5.92. The molecule has 1 heterocycles. The molecule has 1 aromatic heterocycles. The standard InChI is InChI=1S/C19H19NO4/c1-11(2)19(23)24-14-7-5-13(6-8-14)20-17(21)15-9-4-12(3)10-16(15)18(20)22/h4-8,21-22H,1,9-10H2,2-3H3. The van der Waals surface area contributed by atoms with Gasteiger partial charge in [0.15, 0.2) is 0 Å². The second-order valence-corrected chi connectivity index (χ2v) is 6.03. The molecule has 0 fully saturated rings. The van der Waals surface area contributed by atoms with Gasteiger partial charge in [-0.3, -0.25) is 4.57 Å². The van der Waals surface area contributed by atoms with Crippen LogP contribution < -0.4 is 4.74 Å². The number of hydrogen-bond acceptors (Lipinski definition) is 4. The van der Waals surface area contributed by atoms with Crippen LogP contribution in [-0.2, 0) is 17.6 Å². The van der Waals surface area contributed by atoms with Crippen LogP contribution in [0.3, 0.4) is 0 Å². The Morgan fingerprint density at radius 2 is 1.79 bits per heavy atom. The largest absolute Gasteiger partial charge is 0.494 e. The van der Waals surface area contributed by atoms with E-state index in [-0.39, 0.29) is 11.8 Å². The van der Waals surface area contributed by atoms with E-state index >= 15 is 0 Å². The lowest BCUT2D eigenvalue weighted by Crippen LogP contribution is -2.08. The normalized spacial score (nSPS) is 13.2. The van der Waals surface area contributed by atoms with Crippen molar-refractivity contribution in [2.75, 3.05) is 0 Å².